The van der Waals surface area contributed by atoms with Crippen molar-refractivity contribution in [2.75, 3.05) is 33.3 Å². The number of methoxy groups -OCH3 is 1. The highest BCUT2D eigenvalue weighted by atomic mass is 19.1. The van der Waals surface area contributed by atoms with Crippen LogP contribution in [0.25, 0.3) is 0 Å². The minimum absolute atomic E-state index is 0.0909. The number of halogens is 1. The van der Waals surface area contributed by atoms with E-state index in [1.165, 1.54) is 24.1 Å². The van der Waals surface area contributed by atoms with Crippen molar-refractivity contribution in [1.29, 1.82) is 0 Å². The van der Waals surface area contributed by atoms with Gasteiger partial charge in [0.15, 0.2) is 0 Å². The van der Waals surface area contributed by atoms with Crippen LogP contribution in [0.1, 0.15) is 11.6 Å². The van der Waals surface area contributed by atoms with Crippen molar-refractivity contribution in [1.82, 2.24) is 9.80 Å². The van der Waals surface area contributed by atoms with Crippen molar-refractivity contribution in [3.05, 3.63) is 39.7 Å². The molecule has 0 radical (unpaired) electrons. The predicted molar refractivity (Wildman–Crippen MR) is 80.2 cm³/mol. The van der Waals surface area contributed by atoms with Crippen molar-refractivity contribution in [3.8, 4) is 12.3 Å². The van der Waals surface area contributed by atoms with Crippen LogP contribution in [0.3, 0.4) is 0 Å². The third-order valence-corrected chi connectivity index (χ3v) is 3.77. The molecular formula is C15H16FN3O4. The van der Waals surface area contributed by atoms with Gasteiger partial charge in [-0.25, -0.2) is 4.79 Å². The minimum Gasteiger partial charge on any atom is -0.453 e. The molecule has 1 aliphatic heterocycles. The summed E-state index contributed by atoms with van der Waals surface area (Å²) in [6, 6.07) is 3.22. The van der Waals surface area contributed by atoms with Gasteiger partial charge in [0.25, 0.3) is 0 Å². The summed E-state index contributed by atoms with van der Waals surface area (Å²) in [5.74, 6) is 1.56. The summed E-state index contributed by atoms with van der Waals surface area (Å²) in [4.78, 5) is 24.9. The number of carbonyl (C=O) groups is 1. The molecule has 1 saturated heterocycles. The fraction of sp³-hybridized carbons (Fsp3) is 0.400. The Kier molecular flexibility index (Phi) is 5.13. The predicted octanol–water partition coefficient (Wildman–Crippen LogP) is 1.79. The standard InChI is InChI=1S/C15H16FN3O4/c1-3-12(11-5-4-6-13(14(11)16)19(21)22)17-7-9-18(10-8-17)15(20)23-2/h1,4-6,12H,7-10H2,2H3/t12-/m0/s1. The molecule has 1 aromatic carbocycles. The van der Waals surface area contributed by atoms with Gasteiger partial charge in [0.2, 0.25) is 5.82 Å². The number of piperazine rings is 1. The van der Waals surface area contributed by atoms with Crippen molar-refractivity contribution in [3.63, 3.8) is 0 Å². The number of nitro groups is 1. The second kappa shape index (κ2) is 7.07. The number of rotatable bonds is 3. The molecule has 1 amide bonds. The molecule has 23 heavy (non-hydrogen) atoms. The third-order valence-electron chi connectivity index (χ3n) is 3.77. The highest BCUT2D eigenvalue weighted by Gasteiger charge is 2.30. The van der Waals surface area contributed by atoms with Crippen molar-refractivity contribution in [2.24, 2.45) is 0 Å². The Hall–Kier alpha value is -2.66. The molecule has 0 bridgehead atoms. The first-order chi connectivity index (χ1) is 11.0. The molecule has 1 atom stereocenters. The Labute approximate surface area is 132 Å². The fourth-order valence-corrected chi connectivity index (χ4v) is 2.57. The van der Waals surface area contributed by atoms with Crippen LogP contribution < -0.4 is 0 Å². The lowest BCUT2D eigenvalue weighted by molar-refractivity contribution is -0.387. The normalized spacial score (nSPS) is 16.5. The molecule has 2 rings (SSSR count). The van der Waals surface area contributed by atoms with Crippen molar-refractivity contribution < 1.29 is 18.8 Å². The number of hydrogen-bond donors (Lipinski definition) is 0. The van der Waals surface area contributed by atoms with Gasteiger partial charge in [0.05, 0.1) is 18.1 Å². The number of nitrogens with zero attached hydrogens (tertiary/aromatic N) is 3. The van der Waals surface area contributed by atoms with E-state index in [2.05, 4.69) is 10.7 Å². The minimum atomic E-state index is -0.921. The molecule has 1 aromatic rings. The smallest absolute Gasteiger partial charge is 0.409 e. The van der Waals surface area contributed by atoms with Gasteiger partial charge in [0.1, 0.15) is 0 Å². The number of amides is 1. The molecule has 1 heterocycles. The average molecular weight is 321 g/mol. The topological polar surface area (TPSA) is 75.9 Å². The second-order valence-corrected chi connectivity index (χ2v) is 5.00. The van der Waals surface area contributed by atoms with Crippen LogP contribution >= 0.6 is 0 Å². The van der Waals surface area contributed by atoms with Gasteiger partial charge >= 0.3 is 11.8 Å². The molecule has 0 aromatic heterocycles. The first-order valence-corrected chi connectivity index (χ1v) is 6.95. The highest BCUT2D eigenvalue weighted by molar-refractivity contribution is 5.67. The van der Waals surface area contributed by atoms with E-state index >= 15 is 0 Å². The summed E-state index contributed by atoms with van der Waals surface area (Å²) in [6.07, 6.45) is 5.09. The summed E-state index contributed by atoms with van der Waals surface area (Å²) in [7, 11) is 1.30. The van der Waals surface area contributed by atoms with Crippen LogP contribution in [0.5, 0.6) is 0 Å². The monoisotopic (exact) mass is 321 g/mol. The van der Waals surface area contributed by atoms with E-state index in [-0.39, 0.29) is 5.56 Å². The molecule has 0 aliphatic carbocycles. The van der Waals surface area contributed by atoms with E-state index in [0.717, 1.165) is 6.07 Å². The first kappa shape index (κ1) is 16.7. The summed E-state index contributed by atoms with van der Waals surface area (Å²) >= 11 is 0. The largest absolute Gasteiger partial charge is 0.453 e. The van der Waals surface area contributed by atoms with Gasteiger partial charge in [-0.05, 0) is 0 Å². The summed E-state index contributed by atoms with van der Waals surface area (Å²) in [5.41, 5.74) is -0.510. The second-order valence-electron chi connectivity index (χ2n) is 5.00. The number of carbonyl (C=O) groups excluding carboxylic acids is 1. The summed E-state index contributed by atoms with van der Waals surface area (Å²) in [6.45, 7) is 1.63. The van der Waals surface area contributed by atoms with Crippen LogP contribution in [-0.4, -0.2) is 54.1 Å². The van der Waals surface area contributed by atoms with Crippen LogP contribution in [-0.2, 0) is 4.74 Å². The summed E-state index contributed by atoms with van der Waals surface area (Å²) < 4.78 is 19.0. The number of ether oxygens (including phenoxy) is 1. The molecule has 0 spiro atoms. The van der Waals surface area contributed by atoms with E-state index in [0.29, 0.717) is 26.2 Å². The molecule has 122 valence electrons. The maximum atomic E-state index is 14.3. The van der Waals surface area contributed by atoms with Crippen LogP contribution in [0.4, 0.5) is 14.9 Å². The first-order valence-electron chi connectivity index (χ1n) is 6.95. The van der Waals surface area contributed by atoms with Gasteiger partial charge in [-0.3, -0.25) is 15.0 Å². The Morgan fingerprint density at radius 2 is 2.09 bits per heavy atom. The Morgan fingerprint density at radius 1 is 1.43 bits per heavy atom. The molecule has 0 saturated carbocycles. The van der Waals surface area contributed by atoms with Gasteiger partial charge < -0.3 is 9.64 Å². The zero-order valence-electron chi connectivity index (χ0n) is 12.6. The van der Waals surface area contributed by atoms with Gasteiger partial charge in [-0.1, -0.05) is 18.1 Å². The van der Waals surface area contributed by atoms with Crippen LogP contribution in [0.15, 0.2) is 18.2 Å². The highest BCUT2D eigenvalue weighted by Crippen LogP contribution is 2.29. The average Bonchev–Trinajstić information content (AvgIpc) is 2.56. The molecule has 1 fully saturated rings. The van der Waals surface area contributed by atoms with E-state index in [4.69, 9.17) is 6.42 Å². The molecule has 1 aliphatic rings. The summed E-state index contributed by atoms with van der Waals surface area (Å²) in [5, 5.41) is 10.9. The van der Waals surface area contributed by atoms with Crippen LogP contribution in [0, 0.1) is 28.3 Å². The molecular weight excluding hydrogens is 305 g/mol. The lowest BCUT2D eigenvalue weighted by Gasteiger charge is -2.36. The molecule has 8 heteroatoms. The number of benzene rings is 1. The number of terminal acetylenes is 1. The Bertz CT molecular complexity index is 651. The van der Waals surface area contributed by atoms with Gasteiger partial charge in [-0.15, -0.1) is 6.42 Å². The molecule has 7 nitrogen and oxygen atoms in total. The number of nitro benzene ring substituents is 1. The molecule has 0 unspecified atom stereocenters. The Balaban J connectivity index is 2.19. The van der Waals surface area contributed by atoms with E-state index in [9.17, 15) is 19.3 Å². The van der Waals surface area contributed by atoms with Crippen molar-refractivity contribution in [2.45, 2.75) is 6.04 Å². The SMILES string of the molecule is C#C[C@@H](c1cccc([N+](=O)[O-])c1F)N1CCN(C(=O)OC)CC1. The lowest BCUT2D eigenvalue weighted by Crippen LogP contribution is -2.49. The number of hydrogen-bond acceptors (Lipinski definition) is 5. The molecule has 0 N–H and O–H groups in total. The maximum absolute atomic E-state index is 14.3. The quantitative estimate of drug-likeness (QED) is 0.482. The fourth-order valence-electron chi connectivity index (χ4n) is 2.57. The zero-order chi connectivity index (χ0) is 17.0. The van der Waals surface area contributed by atoms with Crippen molar-refractivity contribution >= 4 is 11.8 Å². The van der Waals surface area contributed by atoms with E-state index < -0.39 is 28.6 Å². The Morgan fingerprint density at radius 3 is 2.61 bits per heavy atom. The lowest BCUT2D eigenvalue weighted by atomic mass is 10.0. The van der Waals surface area contributed by atoms with Gasteiger partial charge in [-0.2, -0.15) is 4.39 Å². The zero-order valence-corrected chi connectivity index (χ0v) is 12.6. The van der Waals surface area contributed by atoms with E-state index in [1.54, 1.807) is 0 Å². The van der Waals surface area contributed by atoms with Crippen LogP contribution in [0.2, 0.25) is 0 Å². The van der Waals surface area contributed by atoms with Gasteiger partial charge in [0, 0.05) is 37.8 Å². The van der Waals surface area contributed by atoms with E-state index in [1.807, 2.05) is 4.90 Å². The maximum Gasteiger partial charge on any atom is 0.409 e. The third kappa shape index (κ3) is 3.40.